The van der Waals surface area contributed by atoms with E-state index in [-0.39, 0.29) is 5.91 Å². The summed E-state index contributed by atoms with van der Waals surface area (Å²) < 4.78 is 11.6. The molecule has 0 aliphatic heterocycles. The maximum Gasteiger partial charge on any atom is 0.255 e. The zero-order valence-electron chi connectivity index (χ0n) is 15.7. The van der Waals surface area contributed by atoms with Gasteiger partial charge in [-0.1, -0.05) is 12.1 Å². The van der Waals surface area contributed by atoms with Crippen molar-refractivity contribution in [2.24, 2.45) is 0 Å². The van der Waals surface area contributed by atoms with Crippen molar-refractivity contribution in [2.45, 2.75) is 25.4 Å². The first kappa shape index (κ1) is 17.4. The topological polar surface area (TPSA) is 77.2 Å². The van der Waals surface area contributed by atoms with Gasteiger partial charge in [0, 0.05) is 35.1 Å². The lowest BCUT2D eigenvalue weighted by molar-refractivity contribution is 0.102. The lowest BCUT2D eigenvalue weighted by atomic mass is 10.2. The molecule has 1 fully saturated rings. The summed E-state index contributed by atoms with van der Waals surface area (Å²) in [5.41, 5.74) is 3.68. The maximum atomic E-state index is 12.7. The zero-order chi connectivity index (χ0) is 19.6. The van der Waals surface area contributed by atoms with E-state index in [2.05, 4.69) is 15.3 Å². The molecule has 0 radical (unpaired) electrons. The molecule has 144 valence electrons. The van der Waals surface area contributed by atoms with E-state index in [0.717, 1.165) is 35.4 Å². The van der Waals surface area contributed by atoms with E-state index in [1.165, 1.54) is 0 Å². The number of carbonyl (C=O) groups excluding carboxylic acids is 1. The van der Waals surface area contributed by atoms with Crippen molar-refractivity contribution < 1.29 is 13.9 Å². The average molecular weight is 385 g/mol. The number of hydrogen-bond donors (Lipinski definition) is 1. The number of carbonyl (C=O) groups is 1. The molecule has 29 heavy (non-hydrogen) atoms. The van der Waals surface area contributed by atoms with Gasteiger partial charge < -0.3 is 14.5 Å². The SMILES string of the molecule is O=C(Nc1ccc2oc(C3CC3)nc2c1)c1cccc(OCc2cccnc2)c1. The smallest absolute Gasteiger partial charge is 0.255 e. The van der Waals surface area contributed by atoms with Crippen molar-refractivity contribution in [3.8, 4) is 5.75 Å². The van der Waals surface area contributed by atoms with Gasteiger partial charge in [-0.3, -0.25) is 9.78 Å². The third kappa shape index (κ3) is 3.96. The maximum absolute atomic E-state index is 12.7. The number of oxazole rings is 1. The highest BCUT2D eigenvalue weighted by atomic mass is 16.5. The summed E-state index contributed by atoms with van der Waals surface area (Å²) in [7, 11) is 0. The lowest BCUT2D eigenvalue weighted by Crippen LogP contribution is -2.12. The highest BCUT2D eigenvalue weighted by Crippen LogP contribution is 2.40. The van der Waals surface area contributed by atoms with Gasteiger partial charge in [0.25, 0.3) is 5.91 Å². The zero-order valence-corrected chi connectivity index (χ0v) is 15.7. The lowest BCUT2D eigenvalue weighted by Gasteiger charge is -2.09. The summed E-state index contributed by atoms with van der Waals surface area (Å²) in [5.74, 6) is 1.67. The molecule has 0 atom stereocenters. The van der Waals surface area contributed by atoms with Gasteiger partial charge in [-0.2, -0.15) is 0 Å². The number of fused-ring (bicyclic) bond motifs is 1. The molecule has 1 saturated carbocycles. The van der Waals surface area contributed by atoms with E-state index in [4.69, 9.17) is 9.15 Å². The number of aromatic nitrogens is 2. The van der Waals surface area contributed by atoms with Crippen LogP contribution in [0.15, 0.2) is 71.4 Å². The Balaban J connectivity index is 1.28. The molecule has 5 rings (SSSR count). The largest absolute Gasteiger partial charge is 0.489 e. The molecule has 6 nitrogen and oxygen atoms in total. The van der Waals surface area contributed by atoms with Crippen LogP contribution in [0.1, 0.15) is 40.6 Å². The normalized spacial score (nSPS) is 13.4. The summed E-state index contributed by atoms with van der Waals surface area (Å²) in [5, 5.41) is 2.92. The van der Waals surface area contributed by atoms with E-state index in [1.807, 2.05) is 36.4 Å². The molecule has 1 amide bonds. The Morgan fingerprint density at radius 1 is 1.14 bits per heavy atom. The van der Waals surface area contributed by atoms with Crippen molar-refractivity contribution in [1.82, 2.24) is 9.97 Å². The molecule has 0 spiro atoms. The van der Waals surface area contributed by atoms with Gasteiger partial charge in [-0.25, -0.2) is 4.98 Å². The fourth-order valence-corrected chi connectivity index (χ4v) is 3.11. The number of ether oxygens (including phenoxy) is 1. The third-order valence-electron chi connectivity index (χ3n) is 4.81. The summed E-state index contributed by atoms with van der Waals surface area (Å²) in [6.07, 6.45) is 5.74. The highest BCUT2D eigenvalue weighted by molar-refractivity contribution is 6.05. The van der Waals surface area contributed by atoms with E-state index < -0.39 is 0 Å². The Hall–Kier alpha value is -3.67. The second-order valence-corrected chi connectivity index (χ2v) is 7.14. The average Bonchev–Trinajstić information content (AvgIpc) is 3.52. The number of anilines is 1. The number of amides is 1. The Labute approximate surface area is 167 Å². The Kier molecular flexibility index (Phi) is 4.44. The highest BCUT2D eigenvalue weighted by Gasteiger charge is 2.28. The fourth-order valence-electron chi connectivity index (χ4n) is 3.11. The first-order valence-corrected chi connectivity index (χ1v) is 9.58. The monoisotopic (exact) mass is 385 g/mol. The van der Waals surface area contributed by atoms with Gasteiger partial charge in [0.05, 0.1) is 0 Å². The van der Waals surface area contributed by atoms with E-state index in [0.29, 0.717) is 29.5 Å². The molecule has 4 aromatic rings. The first-order chi connectivity index (χ1) is 14.2. The molecule has 2 aromatic heterocycles. The van der Waals surface area contributed by atoms with Crippen molar-refractivity contribution in [3.63, 3.8) is 0 Å². The number of hydrogen-bond acceptors (Lipinski definition) is 5. The van der Waals surface area contributed by atoms with Crippen LogP contribution in [0.3, 0.4) is 0 Å². The molecule has 0 saturated heterocycles. The van der Waals surface area contributed by atoms with Crippen LogP contribution in [0.5, 0.6) is 5.75 Å². The van der Waals surface area contributed by atoms with Gasteiger partial charge in [0.15, 0.2) is 11.5 Å². The summed E-state index contributed by atoms with van der Waals surface area (Å²) in [4.78, 5) is 21.3. The second kappa shape index (κ2) is 7.39. The molecule has 2 heterocycles. The van der Waals surface area contributed by atoms with Crippen LogP contribution >= 0.6 is 0 Å². The van der Waals surface area contributed by atoms with Gasteiger partial charge in [-0.15, -0.1) is 0 Å². The van der Waals surface area contributed by atoms with Crippen LogP contribution in [0.25, 0.3) is 11.1 Å². The second-order valence-electron chi connectivity index (χ2n) is 7.14. The third-order valence-corrected chi connectivity index (χ3v) is 4.81. The van der Waals surface area contributed by atoms with Crippen LogP contribution < -0.4 is 10.1 Å². The molecular weight excluding hydrogens is 366 g/mol. The van der Waals surface area contributed by atoms with E-state index in [1.54, 1.807) is 30.6 Å². The molecule has 0 bridgehead atoms. The van der Waals surface area contributed by atoms with Crippen LogP contribution in [-0.4, -0.2) is 15.9 Å². The van der Waals surface area contributed by atoms with E-state index >= 15 is 0 Å². The summed E-state index contributed by atoms with van der Waals surface area (Å²) >= 11 is 0. The molecule has 1 aliphatic carbocycles. The summed E-state index contributed by atoms with van der Waals surface area (Å²) in [6, 6.07) is 16.4. The minimum Gasteiger partial charge on any atom is -0.489 e. The predicted octanol–water partition coefficient (Wildman–Crippen LogP) is 4.93. The van der Waals surface area contributed by atoms with Crippen molar-refractivity contribution in [3.05, 3.63) is 84.0 Å². The van der Waals surface area contributed by atoms with E-state index in [9.17, 15) is 4.79 Å². The summed E-state index contributed by atoms with van der Waals surface area (Å²) in [6.45, 7) is 0.394. The van der Waals surface area contributed by atoms with Crippen molar-refractivity contribution >= 4 is 22.7 Å². The molecule has 2 aromatic carbocycles. The first-order valence-electron chi connectivity index (χ1n) is 9.58. The van der Waals surface area contributed by atoms with Crippen molar-refractivity contribution in [2.75, 3.05) is 5.32 Å². The molecule has 6 heteroatoms. The molecule has 0 unspecified atom stereocenters. The molecule has 1 aliphatic rings. The van der Waals surface area contributed by atoms with Gasteiger partial charge in [0.1, 0.15) is 17.9 Å². The number of pyridine rings is 1. The predicted molar refractivity (Wildman–Crippen MR) is 109 cm³/mol. The Bertz CT molecular complexity index is 1170. The van der Waals surface area contributed by atoms with Gasteiger partial charge in [-0.05, 0) is 55.3 Å². The fraction of sp³-hybridized carbons (Fsp3) is 0.174. The van der Waals surface area contributed by atoms with Crippen LogP contribution in [0.2, 0.25) is 0 Å². The Morgan fingerprint density at radius 2 is 2.07 bits per heavy atom. The number of nitrogens with one attached hydrogen (secondary N) is 1. The van der Waals surface area contributed by atoms with Gasteiger partial charge >= 0.3 is 0 Å². The standard InChI is InChI=1S/C23H19N3O3/c27-22(17-4-1-5-19(11-17)28-14-15-3-2-10-24-13-15)25-18-8-9-21-20(12-18)26-23(29-21)16-6-7-16/h1-5,8-13,16H,6-7,14H2,(H,25,27). The van der Waals surface area contributed by atoms with Crippen LogP contribution in [-0.2, 0) is 6.61 Å². The minimum absolute atomic E-state index is 0.206. The number of nitrogens with zero attached hydrogens (tertiary/aromatic N) is 2. The molecule has 1 N–H and O–H groups in total. The quantitative estimate of drug-likeness (QED) is 0.509. The van der Waals surface area contributed by atoms with Crippen LogP contribution in [0, 0.1) is 0 Å². The number of rotatable bonds is 6. The number of benzene rings is 2. The Morgan fingerprint density at radius 3 is 2.90 bits per heavy atom. The molecular formula is C23H19N3O3. The van der Waals surface area contributed by atoms with Crippen LogP contribution in [0.4, 0.5) is 5.69 Å². The van der Waals surface area contributed by atoms with Gasteiger partial charge in [0.2, 0.25) is 0 Å². The minimum atomic E-state index is -0.206. The van der Waals surface area contributed by atoms with Crippen molar-refractivity contribution in [1.29, 1.82) is 0 Å².